The van der Waals surface area contributed by atoms with E-state index >= 15 is 0 Å². The van der Waals surface area contributed by atoms with Gasteiger partial charge in [0, 0.05) is 5.69 Å². The van der Waals surface area contributed by atoms with Gasteiger partial charge in [-0.15, -0.1) is 13.2 Å². The topological polar surface area (TPSA) is 76.0 Å². The Kier molecular flexibility index (Phi) is 6.13. The van der Waals surface area contributed by atoms with E-state index in [4.69, 9.17) is 10.2 Å². The van der Waals surface area contributed by atoms with E-state index in [0.717, 1.165) is 37.5 Å². The van der Waals surface area contributed by atoms with Gasteiger partial charge in [-0.05, 0) is 69.3 Å². The summed E-state index contributed by atoms with van der Waals surface area (Å²) in [7, 11) is 0. The summed E-state index contributed by atoms with van der Waals surface area (Å²) in [6.45, 7) is 4.28. The minimum absolute atomic E-state index is 0.000823. The van der Waals surface area contributed by atoms with Crippen molar-refractivity contribution in [3.63, 3.8) is 0 Å². The fraction of sp³-hybridized carbons (Fsp3) is 0.421. The molecular weight excluding hydrogens is 373 g/mol. The summed E-state index contributed by atoms with van der Waals surface area (Å²) in [5.41, 5.74) is 6.47. The summed E-state index contributed by atoms with van der Waals surface area (Å²) in [5.74, 6) is 1.58. The third kappa shape index (κ3) is 5.66. The van der Waals surface area contributed by atoms with Crippen LogP contribution in [-0.4, -0.2) is 36.9 Å². The lowest BCUT2D eigenvalue weighted by molar-refractivity contribution is -0.274. The highest BCUT2D eigenvalue weighted by Crippen LogP contribution is 2.27. The zero-order chi connectivity index (χ0) is 20.1. The van der Waals surface area contributed by atoms with Crippen molar-refractivity contribution < 1.29 is 22.3 Å². The molecule has 0 saturated carbocycles. The molecule has 1 aromatic carbocycles. The molecule has 1 saturated heterocycles. The van der Waals surface area contributed by atoms with Crippen LogP contribution in [0.1, 0.15) is 30.4 Å². The summed E-state index contributed by atoms with van der Waals surface area (Å²) >= 11 is 0. The Balaban J connectivity index is 1.63. The van der Waals surface area contributed by atoms with E-state index in [0.29, 0.717) is 12.2 Å². The first-order chi connectivity index (χ1) is 13.3. The van der Waals surface area contributed by atoms with Gasteiger partial charge in [0.15, 0.2) is 5.96 Å². The summed E-state index contributed by atoms with van der Waals surface area (Å²) in [5, 5.41) is 2.88. The van der Waals surface area contributed by atoms with Gasteiger partial charge in [0.05, 0.1) is 12.6 Å². The molecule has 1 aliphatic rings. The molecule has 0 amide bonds. The van der Waals surface area contributed by atoms with Gasteiger partial charge in [-0.2, -0.15) is 0 Å². The van der Waals surface area contributed by atoms with Gasteiger partial charge in [0.2, 0.25) is 0 Å². The number of nitrogens with zero attached hydrogens (tertiary/aromatic N) is 2. The standard InChI is InChI=1S/C19H23F3N4O2/c1-13-4-9-17(27-13)16(26-10-2-3-11-26)12-24-18(23)25-14-5-7-15(8-6-14)28-19(20,21)22/h4-9,16H,2-3,10-12H2,1H3,(H3,23,24,25). The van der Waals surface area contributed by atoms with E-state index in [1.54, 1.807) is 0 Å². The normalized spacial score (nSPS) is 16.9. The number of halogens is 3. The maximum Gasteiger partial charge on any atom is 0.573 e. The number of hydrogen-bond acceptors (Lipinski definition) is 4. The molecule has 0 spiro atoms. The lowest BCUT2D eigenvalue weighted by atomic mass is 10.2. The zero-order valence-electron chi connectivity index (χ0n) is 15.5. The highest BCUT2D eigenvalue weighted by molar-refractivity contribution is 5.92. The van der Waals surface area contributed by atoms with E-state index in [9.17, 15) is 13.2 Å². The largest absolute Gasteiger partial charge is 0.573 e. The van der Waals surface area contributed by atoms with E-state index in [-0.39, 0.29) is 17.8 Å². The zero-order valence-corrected chi connectivity index (χ0v) is 15.5. The van der Waals surface area contributed by atoms with Gasteiger partial charge < -0.3 is 20.2 Å². The Hall–Kier alpha value is -2.68. The molecule has 1 unspecified atom stereocenters. The molecule has 152 valence electrons. The number of rotatable bonds is 6. The van der Waals surface area contributed by atoms with Gasteiger partial charge in [-0.1, -0.05) is 0 Å². The van der Waals surface area contributed by atoms with Crippen molar-refractivity contribution in [1.29, 1.82) is 0 Å². The van der Waals surface area contributed by atoms with Crippen LogP contribution in [0.25, 0.3) is 0 Å². The maximum atomic E-state index is 12.2. The van der Waals surface area contributed by atoms with Crippen LogP contribution in [0.4, 0.5) is 18.9 Å². The van der Waals surface area contributed by atoms with E-state index in [1.807, 2.05) is 19.1 Å². The number of ether oxygens (including phenoxy) is 1. The molecule has 3 rings (SSSR count). The number of likely N-dealkylation sites (tertiary alicyclic amines) is 1. The first-order valence-electron chi connectivity index (χ1n) is 9.03. The molecule has 3 N–H and O–H groups in total. The fourth-order valence-corrected chi connectivity index (χ4v) is 3.18. The number of nitrogens with one attached hydrogen (secondary N) is 1. The van der Waals surface area contributed by atoms with Crippen LogP contribution in [0, 0.1) is 6.92 Å². The molecule has 0 bridgehead atoms. The minimum atomic E-state index is -4.72. The number of alkyl halides is 3. The van der Waals surface area contributed by atoms with Crippen molar-refractivity contribution in [2.75, 3.05) is 25.0 Å². The molecule has 2 aromatic rings. The van der Waals surface area contributed by atoms with Crippen LogP contribution in [0.2, 0.25) is 0 Å². The van der Waals surface area contributed by atoms with Crippen LogP contribution >= 0.6 is 0 Å². The van der Waals surface area contributed by atoms with E-state index in [2.05, 4.69) is 19.9 Å². The van der Waals surface area contributed by atoms with Gasteiger partial charge in [-0.25, -0.2) is 0 Å². The summed E-state index contributed by atoms with van der Waals surface area (Å²) < 4.78 is 46.3. The quantitative estimate of drug-likeness (QED) is 0.569. The molecule has 2 heterocycles. The second-order valence-electron chi connectivity index (χ2n) is 6.63. The Morgan fingerprint density at radius 2 is 1.89 bits per heavy atom. The number of hydrogen-bond donors (Lipinski definition) is 2. The smallest absolute Gasteiger partial charge is 0.465 e. The lowest BCUT2D eigenvalue weighted by Crippen LogP contribution is -2.30. The third-order valence-corrected chi connectivity index (χ3v) is 4.47. The number of benzene rings is 1. The molecule has 0 radical (unpaired) electrons. The van der Waals surface area contributed by atoms with Crippen molar-refractivity contribution in [1.82, 2.24) is 4.90 Å². The van der Waals surface area contributed by atoms with Gasteiger partial charge in [-0.3, -0.25) is 9.89 Å². The molecule has 28 heavy (non-hydrogen) atoms. The predicted octanol–water partition coefficient (Wildman–Crippen LogP) is 4.05. The molecule has 1 fully saturated rings. The highest BCUT2D eigenvalue weighted by Gasteiger charge is 2.31. The highest BCUT2D eigenvalue weighted by atomic mass is 19.4. The summed E-state index contributed by atoms with van der Waals surface area (Å²) in [6, 6.07) is 9.18. The second-order valence-corrected chi connectivity index (χ2v) is 6.63. The Morgan fingerprint density at radius 1 is 1.21 bits per heavy atom. The van der Waals surface area contributed by atoms with Crippen LogP contribution in [0.3, 0.4) is 0 Å². The Bertz CT molecular complexity index is 796. The first kappa shape index (κ1) is 20.1. The molecule has 0 aliphatic carbocycles. The van der Waals surface area contributed by atoms with Crippen LogP contribution in [0.15, 0.2) is 45.8 Å². The molecule has 1 aromatic heterocycles. The van der Waals surface area contributed by atoms with Crippen molar-refractivity contribution in [3.8, 4) is 5.75 Å². The van der Waals surface area contributed by atoms with Crippen molar-refractivity contribution >= 4 is 11.6 Å². The SMILES string of the molecule is Cc1ccc(C(CN=C(N)Nc2ccc(OC(F)(F)F)cc2)N2CCCC2)o1. The average molecular weight is 396 g/mol. The van der Waals surface area contributed by atoms with E-state index < -0.39 is 6.36 Å². The van der Waals surface area contributed by atoms with Crippen LogP contribution < -0.4 is 15.8 Å². The predicted molar refractivity (Wildman–Crippen MR) is 100 cm³/mol. The minimum Gasteiger partial charge on any atom is -0.465 e. The van der Waals surface area contributed by atoms with Crippen molar-refractivity contribution in [3.05, 3.63) is 47.9 Å². The number of guanidine groups is 1. The lowest BCUT2D eigenvalue weighted by Gasteiger charge is -2.24. The maximum absolute atomic E-state index is 12.2. The summed E-state index contributed by atoms with van der Waals surface area (Å²) in [6.07, 6.45) is -2.44. The van der Waals surface area contributed by atoms with Gasteiger partial charge in [0.25, 0.3) is 0 Å². The monoisotopic (exact) mass is 396 g/mol. The first-order valence-corrected chi connectivity index (χ1v) is 9.03. The molecule has 1 aliphatic heterocycles. The number of anilines is 1. The third-order valence-electron chi connectivity index (χ3n) is 4.47. The van der Waals surface area contributed by atoms with Crippen LogP contribution in [0.5, 0.6) is 5.75 Å². The number of aryl methyl sites for hydroxylation is 1. The average Bonchev–Trinajstić information content (AvgIpc) is 3.28. The number of aliphatic imine (C=N–C) groups is 1. The summed E-state index contributed by atoms with van der Waals surface area (Å²) in [4.78, 5) is 6.72. The van der Waals surface area contributed by atoms with Gasteiger partial charge >= 0.3 is 6.36 Å². The second kappa shape index (κ2) is 8.55. The molecule has 1 atom stereocenters. The fourth-order valence-electron chi connectivity index (χ4n) is 3.18. The Morgan fingerprint density at radius 3 is 2.46 bits per heavy atom. The van der Waals surface area contributed by atoms with Crippen molar-refractivity contribution in [2.45, 2.75) is 32.2 Å². The van der Waals surface area contributed by atoms with E-state index in [1.165, 1.54) is 24.3 Å². The van der Waals surface area contributed by atoms with Crippen molar-refractivity contribution in [2.24, 2.45) is 10.7 Å². The number of furan rings is 1. The van der Waals surface area contributed by atoms with Crippen LogP contribution in [-0.2, 0) is 0 Å². The molecule has 9 heteroatoms. The molecular formula is C19H23F3N4O2. The van der Waals surface area contributed by atoms with Gasteiger partial charge in [0.1, 0.15) is 17.3 Å². The Labute approximate surface area is 161 Å². The number of nitrogens with two attached hydrogens (primary N) is 1. The molecule has 6 nitrogen and oxygen atoms in total.